The zero-order chi connectivity index (χ0) is 12.9. The largest absolute Gasteiger partial charge is 0.379 e. The van der Waals surface area contributed by atoms with E-state index < -0.39 is 5.41 Å². The number of ether oxygens (including phenoxy) is 1. The van der Waals surface area contributed by atoms with E-state index in [-0.39, 0.29) is 5.91 Å². The molecule has 17 heavy (non-hydrogen) atoms. The second-order valence-corrected chi connectivity index (χ2v) is 5.36. The number of likely N-dealkylation sites (N-methyl/N-ethyl adjacent to an activating group) is 1. The fourth-order valence-corrected chi connectivity index (χ4v) is 1.68. The highest BCUT2D eigenvalue weighted by Crippen LogP contribution is 2.28. The van der Waals surface area contributed by atoms with Crippen molar-refractivity contribution in [2.24, 2.45) is 17.1 Å². The average Bonchev–Trinajstić information content (AvgIpc) is 3.16. The SMILES string of the molecule is CCC(C)(CN)C(=O)N(C)CCOCC1CC1. The van der Waals surface area contributed by atoms with Crippen LogP contribution < -0.4 is 5.73 Å². The van der Waals surface area contributed by atoms with Gasteiger partial charge in [0.1, 0.15) is 0 Å². The van der Waals surface area contributed by atoms with Crippen LogP contribution in [0.4, 0.5) is 0 Å². The number of carbonyl (C=O) groups is 1. The predicted octanol–water partition coefficient (Wildman–Crippen LogP) is 1.25. The van der Waals surface area contributed by atoms with Crippen molar-refractivity contribution in [1.82, 2.24) is 4.90 Å². The molecule has 1 amide bonds. The van der Waals surface area contributed by atoms with Gasteiger partial charge in [-0.15, -0.1) is 0 Å². The van der Waals surface area contributed by atoms with Crippen molar-refractivity contribution in [3.8, 4) is 0 Å². The van der Waals surface area contributed by atoms with Crippen LogP contribution in [0.15, 0.2) is 0 Å². The van der Waals surface area contributed by atoms with Gasteiger partial charge in [0.05, 0.1) is 12.0 Å². The Morgan fingerprint density at radius 2 is 2.18 bits per heavy atom. The van der Waals surface area contributed by atoms with Crippen LogP contribution in [0.5, 0.6) is 0 Å². The van der Waals surface area contributed by atoms with Crippen molar-refractivity contribution >= 4 is 5.91 Å². The summed E-state index contributed by atoms with van der Waals surface area (Å²) in [7, 11) is 1.83. The third-order valence-corrected chi connectivity index (χ3v) is 3.72. The fourth-order valence-electron chi connectivity index (χ4n) is 1.68. The molecule has 0 saturated heterocycles. The Hall–Kier alpha value is -0.610. The van der Waals surface area contributed by atoms with Crippen LogP contribution in [0.3, 0.4) is 0 Å². The van der Waals surface area contributed by atoms with E-state index in [1.54, 1.807) is 4.90 Å². The van der Waals surface area contributed by atoms with Gasteiger partial charge in [0.15, 0.2) is 0 Å². The summed E-state index contributed by atoms with van der Waals surface area (Å²) in [5.41, 5.74) is 5.25. The molecule has 0 spiro atoms. The lowest BCUT2D eigenvalue weighted by atomic mass is 9.86. The van der Waals surface area contributed by atoms with Crippen LogP contribution >= 0.6 is 0 Å². The van der Waals surface area contributed by atoms with E-state index in [0.717, 1.165) is 18.9 Å². The lowest BCUT2D eigenvalue weighted by molar-refractivity contribution is -0.140. The Kier molecular flexibility index (Phi) is 5.40. The van der Waals surface area contributed by atoms with Gasteiger partial charge >= 0.3 is 0 Å². The van der Waals surface area contributed by atoms with Crippen molar-refractivity contribution in [1.29, 1.82) is 0 Å². The fraction of sp³-hybridized carbons (Fsp3) is 0.923. The van der Waals surface area contributed by atoms with E-state index in [2.05, 4.69) is 0 Å². The summed E-state index contributed by atoms with van der Waals surface area (Å²) in [4.78, 5) is 13.9. The summed E-state index contributed by atoms with van der Waals surface area (Å²) in [5, 5.41) is 0. The number of hydrogen-bond acceptors (Lipinski definition) is 3. The second-order valence-electron chi connectivity index (χ2n) is 5.36. The van der Waals surface area contributed by atoms with Crippen LogP contribution in [0.25, 0.3) is 0 Å². The monoisotopic (exact) mass is 242 g/mol. The van der Waals surface area contributed by atoms with Crippen molar-refractivity contribution in [3.05, 3.63) is 0 Å². The average molecular weight is 242 g/mol. The molecule has 1 saturated carbocycles. The molecule has 1 atom stereocenters. The maximum Gasteiger partial charge on any atom is 0.229 e. The number of nitrogens with two attached hydrogens (primary N) is 1. The highest BCUT2D eigenvalue weighted by molar-refractivity contribution is 5.82. The van der Waals surface area contributed by atoms with E-state index in [0.29, 0.717) is 19.7 Å². The van der Waals surface area contributed by atoms with E-state index in [1.807, 2.05) is 20.9 Å². The zero-order valence-corrected chi connectivity index (χ0v) is 11.4. The normalized spacial score (nSPS) is 18.8. The Labute approximate surface area is 104 Å². The first kappa shape index (κ1) is 14.5. The maximum atomic E-state index is 12.2. The Morgan fingerprint density at radius 1 is 1.53 bits per heavy atom. The van der Waals surface area contributed by atoms with Crippen LogP contribution in [0.1, 0.15) is 33.1 Å². The van der Waals surface area contributed by atoms with E-state index in [4.69, 9.17) is 10.5 Å². The van der Waals surface area contributed by atoms with Gasteiger partial charge in [-0.1, -0.05) is 6.92 Å². The first-order chi connectivity index (χ1) is 8.03. The van der Waals surface area contributed by atoms with Gasteiger partial charge in [-0.25, -0.2) is 0 Å². The van der Waals surface area contributed by atoms with Crippen molar-refractivity contribution in [2.75, 3.05) is 33.4 Å². The van der Waals surface area contributed by atoms with Crippen molar-refractivity contribution < 1.29 is 9.53 Å². The van der Waals surface area contributed by atoms with Gasteiger partial charge in [0.25, 0.3) is 0 Å². The minimum atomic E-state index is -0.425. The molecule has 4 nitrogen and oxygen atoms in total. The lowest BCUT2D eigenvalue weighted by Crippen LogP contribution is -2.45. The molecular formula is C13H26N2O2. The first-order valence-electron chi connectivity index (χ1n) is 6.57. The van der Waals surface area contributed by atoms with Crippen LogP contribution in [0.2, 0.25) is 0 Å². The van der Waals surface area contributed by atoms with Gasteiger partial charge in [0.2, 0.25) is 5.91 Å². The molecule has 1 fully saturated rings. The highest BCUT2D eigenvalue weighted by atomic mass is 16.5. The molecule has 1 rings (SSSR count). The molecule has 1 unspecified atom stereocenters. The minimum absolute atomic E-state index is 0.123. The third-order valence-electron chi connectivity index (χ3n) is 3.72. The molecule has 0 aromatic carbocycles. The van der Waals surface area contributed by atoms with E-state index in [1.165, 1.54) is 12.8 Å². The number of amides is 1. The molecule has 0 bridgehead atoms. The Bertz CT molecular complexity index is 248. The summed E-state index contributed by atoms with van der Waals surface area (Å²) < 4.78 is 5.53. The standard InChI is InChI=1S/C13H26N2O2/c1-4-13(2,10-14)12(16)15(3)7-8-17-9-11-5-6-11/h11H,4-10,14H2,1-3H3. The van der Waals surface area contributed by atoms with E-state index >= 15 is 0 Å². The number of rotatable bonds is 8. The van der Waals surface area contributed by atoms with Gasteiger partial charge in [-0.2, -0.15) is 0 Å². The summed E-state index contributed by atoms with van der Waals surface area (Å²) in [5.74, 6) is 0.901. The van der Waals surface area contributed by atoms with Crippen LogP contribution in [-0.2, 0) is 9.53 Å². The maximum absolute atomic E-state index is 12.2. The van der Waals surface area contributed by atoms with Gasteiger partial charge in [-0.3, -0.25) is 4.79 Å². The summed E-state index contributed by atoms with van der Waals surface area (Å²) in [6.07, 6.45) is 3.38. The quantitative estimate of drug-likeness (QED) is 0.652. The van der Waals surface area contributed by atoms with Gasteiger partial charge < -0.3 is 15.4 Å². The number of hydrogen-bond donors (Lipinski definition) is 1. The summed E-state index contributed by atoms with van der Waals surface area (Å²) >= 11 is 0. The smallest absolute Gasteiger partial charge is 0.229 e. The van der Waals surface area contributed by atoms with Gasteiger partial charge in [-0.05, 0) is 32.1 Å². The molecular weight excluding hydrogens is 216 g/mol. The first-order valence-corrected chi connectivity index (χ1v) is 6.57. The summed E-state index contributed by atoms with van der Waals surface area (Å²) in [6, 6.07) is 0. The molecule has 2 N–H and O–H groups in total. The molecule has 0 heterocycles. The minimum Gasteiger partial charge on any atom is -0.379 e. The van der Waals surface area contributed by atoms with Crippen molar-refractivity contribution in [3.63, 3.8) is 0 Å². The topological polar surface area (TPSA) is 55.6 Å². The predicted molar refractivity (Wildman–Crippen MR) is 68.6 cm³/mol. The molecule has 1 aliphatic carbocycles. The Morgan fingerprint density at radius 3 is 2.65 bits per heavy atom. The van der Waals surface area contributed by atoms with Crippen molar-refractivity contribution in [2.45, 2.75) is 33.1 Å². The van der Waals surface area contributed by atoms with Gasteiger partial charge in [0, 0.05) is 26.7 Å². The summed E-state index contributed by atoms with van der Waals surface area (Å²) in [6.45, 7) is 6.46. The molecule has 0 aromatic heterocycles. The lowest BCUT2D eigenvalue weighted by Gasteiger charge is -2.30. The number of nitrogens with zero attached hydrogens (tertiary/aromatic N) is 1. The molecule has 0 radical (unpaired) electrons. The second kappa shape index (κ2) is 6.36. The van der Waals surface area contributed by atoms with Crippen LogP contribution in [0, 0.1) is 11.3 Å². The zero-order valence-electron chi connectivity index (χ0n) is 11.4. The molecule has 1 aliphatic rings. The number of carbonyl (C=O) groups excluding carboxylic acids is 1. The molecule has 0 aromatic rings. The molecule has 0 aliphatic heterocycles. The highest BCUT2D eigenvalue weighted by Gasteiger charge is 2.32. The third kappa shape index (κ3) is 4.28. The Balaban J connectivity index is 2.24. The molecule has 100 valence electrons. The van der Waals surface area contributed by atoms with E-state index in [9.17, 15) is 4.79 Å². The molecule has 4 heteroatoms. The van der Waals surface area contributed by atoms with Crippen LogP contribution in [-0.4, -0.2) is 44.2 Å².